The molecule has 1 heterocycles. The van der Waals surface area contributed by atoms with Crippen molar-refractivity contribution in [2.75, 3.05) is 9.66 Å². The molecule has 2 rings (SSSR count). The van der Waals surface area contributed by atoms with Crippen molar-refractivity contribution in [2.45, 2.75) is 39.3 Å². The maximum Gasteiger partial charge on any atom is 0.228 e. The topological polar surface area (TPSA) is 66.6 Å². The summed E-state index contributed by atoms with van der Waals surface area (Å²) in [6.07, 6.45) is 1.85. The Morgan fingerprint density at radius 3 is 2.26 bits per heavy atom. The van der Waals surface area contributed by atoms with Crippen molar-refractivity contribution >= 4 is 34.3 Å². The molecule has 1 aromatic heterocycles. The molecule has 124 valence electrons. The van der Waals surface area contributed by atoms with Crippen LogP contribution in [0.3, 0.4) is 0 Å². The van der Waals surface area contributed by atoms with Gasteiger partial charge in [0.15, 0.2) is 8.24 Å². The minimum atomic E-state index is -1.80. The van der Waals surface area contributed by atoms with Gasteiger partial charge in [-0.2, -0.15) is 5.10 Å². The smallest absolute Gasteiger partial charge is 0.228 e. The maximum atomic E-state index is 4.99. The molecule has 2 aromatic rings. The van der Waals surface area contributed by atoms with Crippen molar-refractivity contribution < 1.29 is 4.63 Å². The molecular formula is C15H25N5OSi2. The lowest BCUT2D eigenvalue weighted by atomic mass is 10.2. The molecular weight excluding hydrogens is 322 g/mol. The van der Waals surface area contributed by atoms with Crippen LogP contribution in [0.25, 0.3) is 0 Å². The summed E-state index contributed by atoms with van der Waals surface area (Å²) in [7, 11) is -3.36. The number of benzene rings is 1. The Morgan fingerprint density at radius 2 is 1.70 bits per heavy atom. The van der Waals surface area contributed by atoms with E-state index in [0.29, 0.717) is 11.6 Å². The van der Waals surface area contributed by atoms with Gasteiger partial charge in [0.2, 0.25) is 11.6 Å². The molecule has 0 saturated carbocycles. The number of aromatic nitrogens is 2. The average molecular weight is 348 g/mol. The standard InChI is InChI=1S/C15H25N5OSi2/c1-22(2,3)19-14-15(18-21-17-14)20(23(4,5)6)16-12-13-10-8-7-9-11-13/h7-12H,1-6H3,(H,17,19)/b16-12+. The number of nitrogens with one attached hydrogen (secondary N) is 1. The van der Waals surface area contributed by atoms with Gasteiger partial charge in [-0.15, -0.1) is 0 Å². The molecule has 0 aliphatic heterocycles. The first-order chi connectivity index (χ1) is 10.7. The highest BCUT2D eigenvalue weighted by Crippen LogP contribution is 2.28. The van der Waals surface area contributed by atoms with Crippen LogP contribution in [0.1, 0.15) is 5.56 Å². The van der Waals surface area contributed by atoms with E-state index in [0.717, 1.165) is 5.56 Å². The van der Waals surface area contributed by atoms with Gasteiger partial charge in [0, 0.05) is 0 Å². The summed E-state index contributed by atoms with van der Waals surface area (Å²) in [6.45, 7) is 13.2. The summed E-state index contributed by atoms with van der Waals surface area (Å²) in [5.41, 5.74) is 1.05. The first-order valence-corrected chi connectivity index (χ1v) is 14.6. The second-order valence-corrected chi connectivity index (χ2v) is 17.0. The molecule has 0 amide bonds. The summed E-state index contributed by atoms with van der Waals surface area (Å²) in [5, 5.41) is 12.8. The Morgan fingerprint density at radius 1 is 1.04 bits per heavy atom. The second kappa shape index (κ2) is 6.67. The van der Waals surface area contributed by atoms with Gasteiger partial charge < -0.3 is 4.98 Å². The van der Waals surface area contributed by atoms with Crippen LogP contribution in [0.5, 0.6) is 0 Å². The molecule has 8 heteroatoms. The second-order valence-electron chi connectivity index (χ2n) is 7.45. The Kier molecular flexibility index (Phi) is 5.05. The number of hydrogen-bond acceptors (Lipinski definition) is 6. The molecule has 0 unspecified atom stereocenters. The average Bonchev–Trinajstić information content (AvgIpc) is 2.84. The van der Waals surface area contributed by atoms with Gasteiger partial charge in [0.1, 0.15) is 8.24 Å². The van der Waals surface area contributed by atoms with Crippen LogP contribution >= 0.6 is 0 Å². The van der Waals surface area contributed by atoms with Crippen LogP contribution in [0, 0.1) is 0 Å². The zero-order valence-electron chi connectivity index (χ0n) is 14.7. The van der Waals surface area contributed by atoms with E-state index < -0.39 is 16.5 Å². The number of hydrogen-bond donors (Lipinski definition) is 1. The van der Waals surface area contributed by atoms with Crippen molar-refractivity contribution in [2.24, 2.45) is 5.10 Å². The predicted molar refractivity (Wildman–Crippen MR) is 101 cm³/mol. The van der Waals surface area contributed by atoms with E-state index in [1.165, 1.54) is 0 Å². The first kappa shape index (κ1) is 17.4. The van der Waals surface area contributed by atoms with Gasteiger partial charge in [-0.1, -0.05) is 50.0 Å². The Balaban J connectivity index is 2.34. The molecule has 0 bridgehead atoms. The van der Waals surface area contributed by atoms with E-state index in [4.69, 9.17) is 4.63 Å². The quantitative estimate of drug-likeness (QED) is 0.486. The van der Waals surface area contributed by atoms with Crippen LogP contribution in [-0.2, 0) is 0 Å². The Hall–Kier alpha value is -1.94. The Bertz CT molecular complexity index is 658. The summed E-state index contributed by atoms with van der Waals surface area (Å²) in [6, 6.07) is 10.0. The van der Waals surface area contributed by atoms with E-state index in [1.807, 2.05) is 41.2 Å². The van der Waals surface area contributed by atoms with Crippen LogP contribution < -0.4 is 9.66 Å². The van der Waals surface area contributed by atoms with Gasteiger partial charge >= 0.3 is 0 Å². The minimum Gasteiger partial charge on any atom is -0.390 e. The van der Waals surface area contributed by atoms with Gasteiger partial charge in [-0.3, -0.25) is 4.67 Å². The van der Waals surface area contributed by atoms with Crippen molar-refractivity contribution in [3.8, 4) is 0 Å². The van der Waals surface area contributed by atoms with Crippen molar-refractivity contribution in [3.05, 3.63) is 35.9 Å². The third-order valence-corrected chi connectivity index (χ3v) is 5.51. The fourth-order valence-electron chi connectivity index (χ4n) is 1.97. The van der Waals surface area contributed by atoms with Crippen molar-refractivity contribution in [1.29, 1.82) is 0 Å². The normalized spacial score (nSPS) is 12.6. The SMILES string of the molecule is C[Si](C)(C)Nc1nonc1N(/N=C/c1ccccc1)[Si](C)(C)C. The monoisotopic (exact) mass is 347 g/mol. The minimum absolute atomic E-state index is 0.666. The van der Waals surface area contributed by atoms with Crippen LogP contribution in [0.4, 0.5) is 11.6 Å². The summed E-state index contributed by atoms with van der Waals surface area (Å²) in [5.74, 6) is 1.34. The van der Waals surface area contributed by atoms with E-state index in [1.54, 1.807) is 0 Å². The lowest BCUT2D eigenvalue weighted by Gasteiger charge is -2.30. The fraction of sp³-hybridized carbons (Fsp3) is 0.400. The molecule has 6 nitrogen and oxygen atoms in total. The molecule has 23 heavy (non-hydrogen) atoms. The molecule has 0 aliphatic carbocycles. The molecule has 0 saturated heterocycles. The van der Waals surface area contributed by atoms with E-state index in [2.05, 4.69) is 59.7 Å². The third kappa shape index (κ3) is 5.03. The summed E-state index contributed by atoms with van der Waals surface area (Å²) >= 11 is 0. The lowest BCUT2D eigenvalue weighted by Crippen LogP contribution is -2.44. The van der Waals surface area contributed by atoms with Gasteiger partial charge in [-0.05, 0) is 35.5 Å². The van der Waals surface area contributed by atoms with E-state index in [9.17, 15) is 0 Å². The third-order valence-electron chi connectivity index (χ3n) is 2.92. The highest BCUT2D eigenvalue weighted by atomic mass is 28.3. The molecule has 0 radical (unpaired) electrons. The van der Waals surface area contributed by atoms with Crippen molar-refractivity contribution in [1.82, 2.24) is 10.3 Å². The predicted octanol–water partition coefficient (Wildman–Crippen LogP) is 3.99. The van der Waals surface area contributed by atoms with Crippen LogP contribution in [0.2, 0.25) is 39.3 Å². The first-order valence-electron chi connectivity index (χ1n) is 7.67. The number of nitrogens with zero attached hydrogens (tertiary/aromatic N) is 4. The van der Waals surface area contributed by atoms with Crippen LogP contribution in [-0.4, -0.2) is 33.0 Å². The zero-order valence-corrected chi connectivity index (χ0v) is 16.7. The summed E-state index contributed by atoms with van der Waals surface area (Å²) in [4.78, 5) is 3.46. The molecule has 1 N–H and O–H groups in total. The molecule has 1 aromatic carbocycles. The Labute approximate surface area is 139 Å². The van der Waals surface area contributed by atoms with Gasteiger partial charge in [0.05, 0.1) is 6.21 Å². The van der Waals surface area contributed by atoms with E-state index >= 15 is 0 Å². The van der Waals surface area contributed by atoms with Gasteiger partial charge in [0.25, 0.3) is 0 Å². The number of anilines is 2. The van der Waals surface area contributed by atoms with E-state index in [-0.39, 0.29) is 0 Å². The molecule has 0 aliphatic rings. The summed E-state index contributed by atoms with van der Waals surface area (Å²) < 4.78 is 6.96. The highest BCUT2D eigenvalue weighted by Gasteiger charge is 2.31. The fourth-order valence-corrected chi connectivity index (χ4v) is 4.02. The lowest BCUT2D eigenvalue weighted by molar-refractivity contribution is 0.310. The maximum absolute atomic E-state index is 4.99. The molecule has 0 atom stereocenters. The highest BCUT2D eigenvalue weighted by molar-refractivity contribution is 6.80. The van der Waals surface area contributed by atoms with Crippen LogP contribution in [0.15, 0.2) is 40.1 Å². The zero-order chi connectivity index (χ0) is 17.1. The van der Waals surface area contributed by atoms with Gasteiger partial charge in [-0.25, -0.2) is 4.63 Å². The largest absolute Gasteiger partial charge is 0.390 e. The number of rotatable bonds is 6. The molecule has 0 spiro atoms. The molecule has 0 fully saturated rings. The number of hydrazone groups is 1. The van der Waals surface area contributed by atoms with Crippen molar-refractivity contribution in [3.63, 3.8) is 0 Å².